The molecule has 1 saturated heterocycles. The number of thiocarbonyl (C=S) groups is 1. The first-order valence-corrected chi connectivity index (χ1v) is 7.28. The molecule has 1 aromatic rings. The van der Waals surface area contributed by atoms with Crippen LogP contribution in [0.2, 0.25) is 0 Å². The van der Waals surface area contributed by atoms with E-state index in [-0.39, 0.29) is 16.6 Å². The van der Waals surface area contributed by atoms with E-state index < -0.39 is 22.8 Å². The minimum Gasteiger partial charge on any atom is -0.336 e. The number of rotatable bonds is 2. The van der Waals surface area contributed by atoms with Crippen LogP contribution in [-0.4, -0.2) is 27.9 Å². The van der Waals surface area contributed by atoms with Crippen LogP contribution in [-0.2, 0) is 6.18 Å². The Morgan fingerprint density at radius 1 is 1.35 bits per heavy atom. The maximum Gasteiger partial charge on any atom is 0.417 e. The number of alkyl halides is 3. The van der Waals surface area contributed by atoms with E-state index in [0.717, 1.165) is 12.1 Å². The summed E-state index contributed by atoms with van der Waals surface area (Å²) >= 11 is 5.33. The van der Waals surface area contributed by atoms with E-state index in [4.69, 9.17) is 22.9 Å². The highest BCUT2D eigenvalue weighted by molar-refractivity contribution is 7.80. The van der Waals surface area contributed by atoms with Crippen LogP contribution in [0.3, 0.4) is 0 Å². The SMILES string of the molecule is CCN1C(=S)N(c2ccc(C#N)c(C(F)(F)F)c2)C(=N)C1(C)C. The van der Waals surface area contributed by atoms with Crippen molar-refractivity contribution in [3.8, 4) is 6.07 Å². The summed E-state index contributed by atoms with van der Waals surface area (Å²) in [7, 11) is 0. The Bertz CT molecular complexity index is 718. The van der Waals surface area contributed by atoms with E-state index in [1.807, 2.05) is 6.92 Å². The van der Waals surface area contributed by atoms with Gasteiger partial charge < -0.3 is 4.90 Å². The summed E-state index contributed by atoms with van der Waals surface area (Å²) in [5.41, 5.74) is -2.06. The van der Waals surface area contributed by atoms with E-state index in [2.05, 4.69) is 0 Å². The molecule has 0 atom stereocenters. The number of halogens is 3. The first-order valence-electron chi connectivity index (χ1n) is 6.87. The van der Waals surface area contributed by atoms with Crippen molar-refractivity contribution in [3.63, 3.8) is 0 Å². The number of hydrogen-bond donors (Lipinski definition) is 1. The third kappa shape index (κ3) is 2.65. The molecule has 1 aliphatic rings. The standard InChI is InChI=1S/C15H15F3N4S/c1-4-21-13(23)22(12(20)14(21,2)3)10-6-5-9(8-19)11(7-10)15(16,17)18/h5-7,20H,4H2,1-3H3. The van der Waals surface area contributed by atoms with Gasteiger partial charge in [-0.05, 0) is 51.2 Å². The Kier molecular flexibility index (Phi) is 4.11. The number of hydrogen-bond acceptors (Lipinski definition) is 3. The lowest BCUT2D eigenvalue weighted by atomic mass is 10.0. The predicted molar refractivity (Wildman–Crippen MR) is 85.4 cm³/mol. The summed E-state index contributed by atoms with van der Waals surface area (Å²) in [6, 6.07) is 4.90. The summed E-state index contributed by atoms with van der Waals surface area (Å²) in [4.78, 5) is 3.09. The van der Waals surface area contributed by atoms with Crippen LogP contribution in [0.5, 0.6) is 0 Å². The number of amidine groups is 1. The Morgan fingerprint density at radius 3 is 2.39 bits per heavy atom. The number of likely N-dealkylation sites (N-methyl/N-ethyl adjacent to an activating group) is 1. The van der Waals surface area contributed by atoms with Crippen molar-refractivity contribution < 1.29 is 13.2 Å². The first kappa shape index (κ1) is 17.2. The van der Waals surface area contributed by atoms with Crippen molar-refractivity contribution in [2.24, 2.45) is 0 Å². The van der Waals surface area contributed by atoms with Crippen molar-refractivity contribution >= 4 is 28.9 Å². The molecule has 0 unspecified atom stereocenters. The average Bonchev–Trinajstić information content (AvgIpc) is 2.63. The number of nitrogens with one attached hydrogen (secondary N) is 1. The van der Waals surface area contributed by atoms with E-state index in [0.29, 0.717) is 6.54 Å². The smallest absolute Gasteiger partial charge is 0.336 e. The van der Waals surface area contributed by atoms with Gasteiger partial charge >= 0.3 is 6.18 Å². The highest BCUT2D eigenvalue weighted by Gasteiger charge is 2.46. The quantitative estimate of drug-likeness (QED) is 0.833. The summed E-state index contributed by atoms with van der Waals surface area (Å²) in [5.74, 6) is 0.0992. The number of nitriles is 1. The Hall–Kier alpha value is -2.14. The maximum atomic E-state index is 13.1. The zero-order valence-corrected chi connectivity index (χ0v) is 13.6. The van der Waals surface area contributed by atoms with Gasteiger partial charge in [-0.15, -0.1) is 0 Å². The maximum absolute atomic E-state index is 13.1. The van der Waals surface area contributed by atoms with Crippen LogP contribution in [0.15, 0.2) is 18.2 Å². The molecular weight excluding hydrogens is 325 g/mol. The normalized spacial score (nSPS) is 17.6. The van der Waals surface area contributed by atoms with Gasteiger partial charge in [0, 0.05) is 6.54 Å². The van der Waals surface area contributed by atoms with E-state index in [1.54, 1.807) is 24.8 Å². The molecular formula is C15H15F3N4S. The highest BCUT2D eigenvalue weighted by Crippen LogP contribution is 2.37. The van der Waals surface area contributed by atoms with Gasteiger partial charge in [0.05, 0.1) is 28.4 Å². The highest BCUT2D eigenvalue weighted by atomic mass is 32.1. The number of benzene rings is 1. The third-order valence-corrected chi connectivity index (χ3v) is 4.31. The summed E-state index contributed by atoms with van der Waals surface area (Å²) in [5, 5.41) is 17.4. The molecule has 0 amide bonds. The van der Waals surface area contributed by atoms with Gasteiger partial charge in [0.25, 0.3) is 0 Å². The van der Waals surface area contributed by atoms with E-state index in [9.17, 15) is 13.2 Å². The Balaban J connectivity index is 2.58. The number of anilines is 1. The van der Waals surface area contributed by atoms with Gasteiger partial charge in [-0.3, -0.25) is 10.3 Å². The van der Waals surface area contributed by atoms with Gasteiger partial charge in [-0.1, -0.05) is 0 Å². The largest absolute Gasteiger partial charge is 0.417 e. The van der Waals surface area contributed by atoms with Crippen LogP contribution in [0.25, 0.3) is 0 Å². The van der Waals surface area contributed by atoms with Gasteiger partial charge in [0.1, 0.15) is 5.84 Å². The van der Waals surface area contributed by atoms with Crippen LogP contribution in [0, 0.1) is 16.7 Å². The lowest BCUT2D eigenvalue weighted by Crippen LogP contribution is -2.43. The number of nitrogens with zero attached hydrogens (tertiary/aromatic N) is 3. The van der Waals surface area contributed by atoms with E-state index in [1.165, 1.54) is 11.0 Å². The van der Waals surface area contributed by atoms with Gasteiger partial charge in [-0.2, -0.15) is 18.4 Å². The zero-order valence-electron chi connectivity index (χ0n) is 12.8. The van der Waals surface area contributed by atoms with Crippen molar-refractivity contribution in [2.45, 2.75) is 32.5 Å². The molecule has 0 aliphatic carbocycles. The molecule has 8 heteroatoms. The monoisotopic (exact) mass is 340 g/mol. The second-order valence-corrected chi connectivity index (χ2v) is 5.97. The minimum absolute atomic E-state index is 0.0992. The zero-order chi connectivity index (χ0) is 17.6. The molecule has 4 nitrogen and oxygen atoms in total. The Labute approximate surface area is 137 Å². The van der Waals surface area contributed by atoms with Crippen molar-refractivity contribution in [3.05, 3.63) is 29.3 Å². The molecule has 0 bridgehead atoms. The lowest BCUT2D eigenvalue weighted by molar-refractivity contribution is -0.137. The second-order valence-electron chi connectivity index (χ2n) is 5.61. The molecule has 1 aliphatic heterocycles. The molecule has 0 aromatic heterocycles. The summed E-state index contributed by atoms with van der Waals surface area (Å²) in [6.45, 7) is 5.98. The molecule has 1 N–H and O–H groups in total. The fraction of sp³-hybridized carbons (Fsp3) is 0.400. The summed E-state index contributed by atoms with van der Waals surface area (Å²) in [6.07, 6.45) is -4.65. The second kappa shape index (κ2) is 5.49. The average molecular weight is 340 g/mol. The predicted octanol–water partition coefficient (Wildman–Crippen LogP) is 3.76. The van der Waals surface area contributed by atoms with Crippen LogP contribution < -0.4 is 4.90 Å². The van der Waals surface area contributed by atoms with Crippen LogP contribution in [0.1, 0.15) is 31.9 Å². The van der Waals surface area contributed by atoms with Crippen LogP contribution >= 0.6 is 12.2 Å². The third-order valence-electron chi connectivity index (χ3n) is 3.90. The first-order chi connectivity index (χ1) is 10.6. The van der Waals surface area contributed by atoms with Gasteiger partial charge in [0.2, 0.25) is 0 Å². The van der Waals surface area contributed by atoms with E-state index >= 15 is 0 Å². The van der Waals surface area contributed by atoms with Gasteiger partial charge in [0.15, 0.2) is 5.11 Å². The fourth-order valence-electron chi connectivity index (χ4n) is 2.63. The summed E-state index contributed by atoms with van der Waals surface area (Å²) < 4.78 is 39.4. The van der Waals surface area contributed by atoms with Crippen molar-refractivity contribution in [1.82, 2.24) is 4.90 Å². The molecule has 23 heavy (non-hydrogen) atoms. The molecule has 2 rings (SSSR count). The molecule has 1 fully saturated rings. The molecule has 0 radical (unpaired) electrons. The van der Waals surface area contributed by atoms with Crippen molar-refractivity contribution in [1.29, 1.82) is 10.7 Å². The van der Waals surface area contributed by atoms with Gasteiger partial charge in [-0.25, -0.2) is 0 Å². The van der Waals surface area contributed by atoms with Crippen LogP contribution in [0.4, 0.5) is 18.9 Å². The molecule has 0 spiro atoms. The minimum atomic E-state index is -4.65. The fourth-order valence-corrected chi connectivity index (χ4v) is 3.18. The van der Waals surface area contributed by atoms with Crippen molar-refractivity contribution in [2.75, 3.05) is 11.4 Å². The topological polar surface area (TPSA) is 54.1 Å². The molecule has 122 valence electrons. The Morgan fingerprint density at radius 2 is 1.96 bits per heavy atom. The lowest BCUT2D eigenvalue weighted by Gasteiger charge is -2.29. The molecule has 1 aromatic carbocycles. The molecule has 0 saturated carbocycles. The molecule has 1 heterocycles.